The van der Waals surface area contributed by atoms with Gasteiger partial charge in [-0.3, -0.25) is 23.6 Å². The van der Waals surface area contributed by atoms with Crippen LogP contribution in [0.2, 0.25) is 0 Å². The SMILES string of the molecule is Cl.NCc1ccc(N2CCN(S(=O)(=O)C(F)(F)F)C=N2)c(F)c1.O=C(NCc1ccc(N2CCN(S(=O)(=O)C(F)(F)F)C=N2)c(F)c1)c1c(C(F)(F)F)nc2ccccn12.O=C(O)c1c(C(F)(F)F)nc2ccccn12. The number of hydrogen-bond acceptors (Lipinski definition) is 13. The number of halogens is 15. The van der Waals surface area contributed by atoms with Crippen molar-refractivity contribution >= 4 is 79.7 Å². The van der Waals surface area contributed by atoms with E-state index in [4.69, 9.17) is 10.8 Å². The topological polar surface area (TPSA) is 233 Å². The van der Waals surface area contributed by atoms with Crippen molar-refractivity contribution in [3.63, 3.8) is 0 Å². The van der Waals surface area contributed by atoms with E-state index in [1.54, 1.807) is 6.07 Å². The fourth-order valence-electron chi connectivity index (χ4n) is 6.68. The molecule has 76 heavy (non-hydrogen) atoms. The molecular formula is C40H33ClF14N12O7S2. The van der Waals surface area contributed by atoms with Gasteiger partial charge in [0.05, 0.1) is 37.6 Å². The Bertz CT molecular complexity index is 3410. The first-order chi connectivity index (χ1) is 34.8. The maximum atomic E-state index is 14.7. The average Bonchev–Trinajstić information content (AvgIpc) is 3.94. The van der Waals surface area contributed by atoms with Gasteiger partial charge in [-0.15, -0.1) is 12.4 Å². The predicted octanol–water partition coefficient (Wildman–Crippen LogP) is 7.01. The average molecular weight is 1160 g/mol. The molecule has 0 saturated carbocycles. The summed E-state index contributed by atoms with van der Waals surface area (Å²) in [6.07, 6.45) is -6.30. The quantitative estimate of drug-likeness (QED) is 0.124. The molecule has 1 amide bonds. The molecule has 0 bridgehead atoms. The molecule has 0 saturated heterocycles. The summed E-state index contributed by atoms with van der Waals surface area (Å²) in [6, 6.07) is 15.9. The highest BCUT2D eigenvalue weighted by Crippen LogP contribution is 2.34. The summed E-state index contributed by atoms with van der Waals surface area (Å²) in [5.41, 5.74) is -9.58. The van der Waals surface area contributed by atoms with E-state index in [2.05, 4.69) is 25.5 Å². The number of aromatic nitrogens is 4. The number of alkyl halides is 12. The van der Waals surface area contributed by atoms with Crippen LogP contribution in [0.3, 0.4) is 0 Å². The summed E-state index contributed by atoms with van der Waals surface area (Å²) < 4.78 is 229. The van der Waals surface area contributed by atoms with E-state index in [0.717, 1.165) is 24.9 Å². The number of amides is 1. The van der Waals surface area contributed by atoms with Crippen molar-refractivity contribution in [3.05, 3.63) is 131 Å². The van der Waals surface area contributed by atoms with Gasteiger partial charge in [-0.2, -0.15) is 79.7 Å². The Morgan fingerprint density at radius 2 is 1.01 bits per heavy atom. The molecule has 6 aromatic rings. The van der Waals surface area contributed by atoms with E-state index < -0.39 is 109 Å². The molecule has 412 valence electrons. The van der Waals surface area contributed by atoms with Gasteiger partial charge in [-0.05, 0) is 59.7 Å². The zero-order valence-corrected chi connectivity index (χ0v) is 39.9. The van der Waals surface area contributed by atoms with Gasteiger partial charge >= 0.3 is 49.4 Å². The number of nitrogens with one attached hydrogen (secondary N) is 1. The maximum Gasteiger partial charge on any atom is 0.516 e. The number of nitrogens with two attached hydrogens (primary N) is 1. The third-order valence-corrected chi connectivity index (χ3v) is 13.1. The highest BCUT2D eigenvalue weighted by atomic mass is 35.5. The van der Waals surface area contributed by atoms with Crippen molar-refractivity contribution in [2.75, 3.05) is 36.2 Å². The minimum absolute atomic E-state index is 0. The summed E-state index contributed by atoms with van der Waals surface area (Å²) in [6.45, 7) is -1.99. The lowest BCUT2D eigenvalue weighted by Gasteiger charge is -2.29. The zero-order chi connectivity index (χ0) is 55.6. The molecule has 0 spiro atoms. The van der Waals surface area contributed by atoms with Crippen molar-refractivity contribution in [3.8, 4) is 0 Å². The normalized spacial score (nSPS) is 14.5. The van der Waals surface area contributed by atoms with Crippen LogP contribution >= 0.6 is 12.4 Å². The van der Waals surface area contributed by atoms with Crippen molar-refractivity contribution in [2.45, 2.75) is 36.5 Å². The molecule has 36 heteroatoms. The number of benzene rings is 2. The number of imidazole rings is 2. The van der Waals surface area contributed by atoms with Gasteiger partial charge in [0.2, 0.25) is 0 Å². The molecule has 0 atom stereocenters. The number of hydrogen-bond donors (Lipinski definition) is 3. The number of hydrazone groups is 2. The van der Waals surface area contributed by atoms with Crippen LogP contribution < -0.4 is 21.1 Å². The van der Waals surface area contributed by atoms with Crippen LogP contribution in [0.1, 0.15) is 43.5 Å². The number of anilines is 2. The highest BCUT2D eigenvalue weighted by Gasteiger charge is 2.51. The van der Waals surface area contributed by atoms with Crippen LogP contribution in [-0.4, -0.2) is 111 Å². The monoisotopic (exact) mass is 1160 g/mol. The fraction of sp³-hybridized carbons (Fsp3) is 0.250. The van der Waals surface area contributed by atoms with Crippen molar-refractivity contribution in [1.82, 2.24) is 32.7 Å². The number of fused-ring (bicyclic) bond motifs is 2. The third kappa shape index (κ3) is 12.8. The second-order valence-corrected chi connectivity index (χ2v) is 18.8. The summed E-state index contributed by atoms with van der Waals surface area (Å²) >= 11 is 0. The number of carboxylic acids is 1. The van der Waals surface area contributed by atoms with Crippen molar-refractivity contribution < 1.29 is 93.0 Å². The first-order valence-corrected chi connectivity index (χ1v) is 23.3. The summed E-state index contributed by atoms with van der Waals surface area (Å²) in [7, 11) is -11.1. The van der Waals surface area contributed by atoms with E-state index in [-0.39, 0.29) is 68.9 Å². The van der Waals surface area contributed by atoms with Gasteiger partial charge in [0.1, 0.15) is 41.3 Å². The van der Waals surface area contributed by atoms with E-state index in [9.17, 15) is 87.9 Å². The van der Waals surface area contributed by atoms with Crippen LogP contribution in [0.25, 0.3) is 11.3 Å². The Hall–Kier alpha value is -7.53. The van der Waals surface area contributed by atoms with E-state index in [1.807, 2.05) is 0 Å². The molecule has 0 unspecified atom stereocenters. The lowest BCUT2D eigenvalue weighted by Crippen LogP contribution is -2.46. The predicted molar refractivity (Wildman–Crippen MR) is 241 cm³/mol. The van der Waals surface area contributed by atoms with Crippen LogP contribution in [-0.2, 0) is 45.5 Å². The zero-order valence-electron chi connectivity index (χ0n) is 37.4. The second kappa shape index (κ2) is 22.4. The molecule has 2 aromatic carbocycles. The minimum atomic E-state index is -5.64. The largest absolute Gasteiger partial charge is 0.516 e. The van der Waals surface area contributed by atoms with E-state index in [0.29, 0.717) is 18.2 Å². The van der Waals surface area contributed by atoms with Crippen LogP contribution in [0, 0.1) is 11.6 Å². The van der Waals surface area contributed by atoms with Gasteiger partial charge in [-0.25, -0.2) is 32.2 Å². The Kier molecular flexibility index (Phi) is 17.5. The van der Waals surface area contributed by atoms with Gasteiger partial charge < -0.3 is 16.2 Å². The lowest BCUT2D eigenvalue weighted by atomic mass is 10.2. The molecule has 19 nitrogen and oxygen atoms in total. The molecule has 0 fully saturated rings. The van der Waals surface area contributed by atoms with E-state index >= 15 is 0 Å². The third-order valence-electron chi connectivity index (χ3n) is 10.2. The Morgan fingerprint density at radius 1 is 0.605 bits per heavy atom. The van der Waals surface area contributed by atoms with Crippen LogP contribution in [0.4, 0.5) is 72.8 Å². The first-order valence-electron chi connectivity index (χ1n) is 20.4. The lowest BCUT2D eigenvalue weighted by molar-refractivity contribution is -0.142. The number of carbonyl (C=O) groups excluding carboxylic acids is 1. The minimum Gasteiger partial charge on any atom is -0.476 e. The molecule has 2 aliphatic rings. The molecular weight excluding hydrogens is 1130 g/mol. The number of sulfonamides is 2. The van der Waals surface area contributed by atoms with Crippen LogP contribution in [0.15, 0.2) is 95.4 Å². The van der Waals surface area contributed by atoms with Crippen molar-refractivity contribution in [2.24, 2.45) is 15.9 Å². The first kappa shape index (κ1) is 59.3. The van der Waals surface area contributed by atoms with E-state index in [1.165, 1.54) is 73.1 Å². The molecule has 2 aliphatic heterocycles. The summed E-state index contributed by atoms with van der Waals surface area (Å²) in [4.78, 5) is 30.1. The number of rotatable bonds is 9. The van der Waals surface area contributed by atoms with Crippen molar-refractivity contribution in [1.29, 1.82) is 0 Å². The standard InChI is InChI=1S/C20H15F7N6O3S.C11H12F4N4O2S.C9H5F3N2O2.ClH/c21-13-9-12(4-5-14(13)33-8-7-31(11-29-33)37(35,36)20(25,26)27)10-28-18(34)16-17(19(22,23)24)30-15-3-1-2-6-32(15)16;12-9-5-8(6-16)1-2-10(9)19-4-3-18(7-17-19)22(20,21)11(13,14)15;10-9(11,12)7-6(8(15)16)14-4-2-1-3-5(14)13-7;/h1-6,9,11H,7-8,10H2,(H,28,34);1-2,5,7H,3-4,6,16H2;1-4H,(H,15,16);1H. The number of carbonyl (C=O) groups is 2. The molecule has 0 aliphatic carbocycles. The molecule has 6 heterocycles. The van der Waals surface area contributed by atoms with Crippen LogP contribution in [0.5, 0.6) is 0 Å². The molecule has 8 rings (SSSR count). The van der Waals surface area contributed by atoms with Gasteiger partial charge in [-0.1, -0.05) is 24.3 Å². The maximum absolute atomic E-state index is 14.7. The Morgan fingerprint density at radius 3 is 1.38 bits per heavy atom. The number of aromatic carboxylic acids is 1. The fourth-order valence-corrected chi connectivity index (χ4v) is 8.19. The molecule has 0 radical (unpaired) electrons. The number of carboxylic acid groups (broad SMARTS) is 1. The van der Waals surface area contributed by atoms with Gasteiger partial charge in [0.25, 0.3) is 5.91 Å². The smallest absolute Gasteiger partial charge is 0.476 e. The van der Waals surface area contributed by atoms with Gasteiger partial charge in [0, 0.05) is 25.5 Å². The Balaban J connectivity index is 0.000000231. The highest BCUT2D eigenvalue weighted by molar-refractivity contribution is 7.90. The number of pyridine rings is 2. The van der Waals surface area contributed by atoms with Gasteiger partial charge in [0.15, 0.2) is 17.1 Å². The number of nitrogens with zero attached hydrogens (tertiary/aromatic N) is 10. The molecule has 4 aromatic heterocycles. The summed E-state index contributed by atoms with van der Waals surface area (Å²) in [5.74, 6) is -4.33. The second-order valence-electron chi connectivity index (χ2n) is 15.1. The molecule has 4 N–H and O–H groups in total. The summed E-state index contributed by atoms with van der Waals surface area (Å²) in [5, 5.41) is 20.2. The Labute approximate surface area is 423 Å².